The number of nitrogen functional groups attached to an aromatic ring is 1. The van der Waals surface area contributed by atoms with Crippen LogP contribution in [-0.4, -0.2) is 14.6 Å². The van der Waals surface area contributed by atoms with Crippen molar-refractivity contribution in [2.45, 2.75) is 38.3 Å². The van der Waals surface area contributed by atoms with E-state index in [1.165, 1.54) is 0 Å². The van der Waals surface area contributed by atoms with Gasteiger partial charge in [-0.1, -0.05) is 13.8 Å². The van der Waals surface area contributed by atoms with E-state index in [1.54, 1.807) is 6.07 Å². The van der Waals surface area contributed by atoms with Crippen LogP contribution in [-0.2, 0) is 11.6 Å². The first kappa shape index (κ1) is 13.2. The lowest BCUT2D eigenvalue weighted by atomic mass is 9.83. The van der Waals surface area contributed by atoms with Crippen molar-refractivity contribution < 1.29 is 13.2 Å². The monoisotopic (exact) mass is 284 g/mol. The van der Waals surface area contributed by atoms with Gasteiger partial charge in [0, 0.05) is 11.5 Å². The second-order valence-corrected chi connectivity index (χ2v) is 5.85. The van der Waals surface area contributed by atoms with E-state index in [0.29, 0.717) is 11.6 Å². The summed E-state index contributed by atoms with van der Waals surface area (Å²) in [4.78, 5) is 4.20. The Bertz CT molecular complexity index is 668. The van der Waals surface area contributed by atoms with Crippen molar-refractivity contribution in [3.8, 4) is 0 Å². The van der Waals surface area contributed by atoms with Crippen molar-refractivity contribution in [1.82, 2.24) is 14.6 Å². The normalized spacial score (nSPS) is 16.9. The van der Waals surface area contributed by atoms with E-state index in [4.69, 9.17) is 5.73 Å². The number of nitrogens with zero attached hydrogens (tertiary/aromatic N) is 3. The number of hydrogen-bond acceptors (Lipinski definition) is 3. The van der Waals surface area contributed by atoms with Crippen LogP contribution >= 0.6 is 0 Å². The summed E-state index contributed by atoms with van der Waals surface area (Å²) in [6, 6.07) is 1.62. The summed E-state index contributed by atoms with van der Waals surface area (Å²) in [6.07, 6.45) is -1.56. The Hall–Kier alpha value is -1.79. The second kappa shape index (κ2) is 3.86. The van der Waals surface area contributed by atoms with Crippen LogP contribution in [0.25, 0.3) is 5.65 Å². The first-order valence-corrected chi connectivity index (χ1v) is 6.43. The molecule has 2 heterocycles. The third-order valence-corrected chi connectivity index (χ3v) is 4.06. The molecule has 20 heavy (non-hydrogen) atoms. The van der Waals surface area contributed by atoms with E-state index < -0.39 is 11.7 Å². The first-order valence-electron chi connectivity index (χ1n) is 6.43. The van der Waals surface area contributed by atoms with Gasteiger partial charge in [-0.25, -0.2) is 4.98 Å². The molecule has 3 rings (SSSR count). The van der Waals surface area contributed by atoms with Crippen LogP contribution in [0.3, 0.4) is 0 Å². The minimum atomic E-state index is -4.48. The van der Waals surface area contributed by atoms with Gasteiger partial charge in [-0.15, -0.1) is 0 Å². The van der Waals surface area contributed by atoms with Gasteiger partial charge >= 0.3 is 6.18 Å². The number of hydrogen-bond donors (Lipinski definition) is 1. The maximum absolute atomic E-state index is 12.9. The molecule has 1 fully saturated rings. The SMILES string of the molecule is CC(C)(c1cc(N)n2ncc(C(F)(F)F)c2n1)C1CC1. The van der Waals surface area contributed by atoms with Crippen molar-refractivity contribution in [3.63, 3.8) is 0 Å². The van der Waals surface area contributed by atoms with Crippen molar-refractivity contribution in [3.05, 3.63) is 23.5 Å². The van der Waals surface area contributed by atoms with Gasteiger partial charge in [-0.3, -0.25) is 0 Å². The van der Waals surface area contributed by atoms with E-state index in [2.05, 4.69) is 10.1 Å². The molecule has 7 heteroatoms. The van der Waals surface area contributed by atoms with E-state index >= 15 is 0 Å². The Morgan fingerprint density at radius 1 is 1.30 bits per heavy atom. The summed E-state index contributed by atoms with van der Waals surface area (Å²) in [5.74, 6) is 0.628. The molecule has 0 amide bonds. The van der Waals surface area contributed by atoms with Crippen molar-refractivity contribution >= 4 is 11.5 Å². The molecule has 2 aromatic rings. The molecule has 0 saturated heterocycles. The fraction of sp³-hybridized carbons (Fsp3) is 0.538. The molecular formula is C13H15F3N4. The Morgan fingerprint density at radius 2 is 1.95 bits per heavy atom. The molecule has 0 spiro atoms. The highest BCUT2D eigenvalue weighted by molar-refractivity contribution is 5.54. The molecule has 1 saturated carbocycles. The topological polar surface area (TPSA) is 56.2 Å². The van der Waals surface area contributed by atoms with Gasteiger partial charge in [0.25, 0.3) is 0 Å². The predicted molar refractivity (Wildman–Crippen MR) is 68.2 cm³/mol. The number of anilines is 1. The highest BCUT2D eigenvalue weighted by atomic mass is 19.4. The standard InChI is InChI=1S/C13H15F3N4/c1-12(2,7-3-4-7)9-5-10(17)20-11(19-9)8(6-18-20)13(14,15)16/h5-7H,3-4,17H2,1-2H3. The molecule has 1 aliphatic rings. The minimum Gasteiger partial charge on any atom is -0.384 e. The van der Waals surface area contributed by atoms with Gasteiger partial charge in [0.2, 0.25) is 0 Å². The largest absolute Gasteiger partial charge is 0.421 e. The zero-order valence-corrected chi connectivity index (χ0v) is 11.2. The Kier molecular flexibility index (Phi) is 2.55. The quantitative estimate of drug-likeness (QED) is 0.922. The van der Waals surface area contributed by atoms with Gasteiger partial charge < -0.3 is 5.73 Å². The third kappa shape index (κ3) is 1.92. The van der Waals surface area contributed by atoms with Gasteiger partial charge in [0.15, 0.2) is 5.65 Å². The molecule has 0 bridgehead atoms. The van der Waals surface area contributed by atoms with Crippen molar-refractivity contribution in [1.29, 1.82) is 0 Å². The van der Waals surface area contributed by atoms with Crippen LogP contribution in [0.5, 0.6) is 0 Å². The lowest BCUT2D eigenvalue weighted by Gasteiger charge is -2.24. The van der Waals surface area contributed by atoms with Crippen LogP contribution in [0.4, 0.5) is 19.0 Å². The minimum absolute atomic E-state index is 0.175. The molecule has 1 aliphatic carbocycles. The summed E-state index contributed by atoms with van der Waals surface area (Å²) < 4.78 is 39.9. The summed E-state index contributed by atoms with van der Waals surface area (Å²) in [6.45, 7) is 3.99. The predicted octanol–water partition coefficient (Wildman–Crippen LogP) is 3.02. The second-order valence-electron chi connectivity index (χ2n) is 5.85. The summed E-state index contributed by atoms with van der Waals surface area (Å²) >= 11 is 0. The lowest BCUT2D eigenvalue weighted by molar-refractivity contribution is -0.136. The van der Waals surface area contributed by atoms with Crippen LogP contribution < -0.4 is 5.73 Å². The Balaban J connectivity index is 2.21. The van der Waals surface area contributed by atoms with E-state index in [0.717, 1.165) is 23.6 Å². The molecule has 0 aliphatic heterocycles. The number of nitrogens with two attached hydrogens (primary N) is 1. The van der Waals surface area contributed by atoms with Crippen LogP contribution in [0.2, 0.25) is 0 Å². The highest BCUT2D eigenvalue weighted by Crippen LogP contribution is 2.47. The smallest absolute Gasteiger partial charge is 0.384 e. The Morgan fingerprint density at radius 3 is 2.50 bits per heavy atom. The molecule has 0 unspecified atom stereocenters. The number of rotatable bonds is 2. The molecule has 108 valence electrons. The number of fused-ring (bicyclic) bond motifs is 1. The maximum Gasteiger partial charge on any atom is 0.421 e. The summed E-state index contributed by atoms with van der Waals surface area (Å²) in [7, 11) is 0. The summed E-state index contributed by atoms with van der Waals surface area (Å²) in [5.41, 5.74) is 5.07. The average molecular weight is 284 g/mol. The maximum atomic E-state index is 12.9. The highest BCUT2D eigenvalue weighted by Gasteiger charge is 2.41. The van der Waals surface area contributed by atoms with E-state index in [1.807, 2.05) is 13.8 Å². The van der Waals surface area contributed by atoms with Crippen molar-refractivity contribution in [2.75, 3.05) is 5.73 Å². The average Bonchev–Trinajstić information content (AvgIpc) is 3.08. The lowest BCUT2D eigenvalue weighted by Crippen LogP contribution is -2.23. The zero-order chi connectivity index (χ0) is 14.7. The molecule has 0 radical (unpaired) electrons. The van der Waals surface area contributed by atoms with Crippen LogP contribution in [0.15, 0.2) is 12.3 Å². The Labute approximate surface area is 113 Å². The van der Waals surface area contributed by atoms with Gasteiger partial charge in [-0.05, 0) is 18.8 Å². The number of aromatic nitrogens is 3. The van der Waals surface area contributed by atoms with Gasteiger partial charge in [0.1, 0.15) is 11.4 Å². The zero-order valence-electron chi connectivity index (χ0n) is 11.2. The molecule has 4 nitrogen and oxygen atoms in total. The van der Waals surface area contributed by atoms with Gasteiger partial charge in [0.05, 0.1) is 11.9 Å². The van der Waals surface area contributed by atoms with E-state index in [9.17, 15) is 13.2 Å². The molecule has 0 atom stereocenters. The third-order valence-electron chi connectivity index (χ3n) is 4.06. The van der Waals surface area contributed by atoms with Crippen LogP contribution in [0, 0.1) is 5.92 Å². The van der Waals surface area contributed by atoms with Crippen LogP contribution in [0.1, 0.15) is 37.9 Å². The number of alkyl halides is 3. The van der Waals surface area contributed by atoms with E-state index in [-0.39, 0.29) is 16.9 Å². The van der Waals surface area contributed by atoms with Crippen molar-refractivity contribution in [2.24, 2.45) is 5.92 Å². The fourth-order valence-corrected chi connectivity index (χ4v) is 2.53. The fourth-order valence-electron chi connectivity index (χ4n) is 2.53. The summed E-state index contributed by atoms with van der Waals surface area (Å²) in [5, 5.41) is 3.68. The molecule has 2 N–H and O–H groups in total. The molecule has 2 aromatic heterocycles. The molecular weight excluding hydrogens is 269 g/mol. The van der Waals surface area contributed by atoms with Gasteiger partial charge in [-0.2, -0.15) is 22.8 Å². The molecule has 0 aromatic carbocycles. The first-order chi connectivity index (χ1) is 9.21. The number of halogens is 3.